The molecule has 3 rings (SSSR count). The molecular weight excluding hydrogens is 317 g/mol. The van der Waals surface area contributed by atoms with Gasteiger partial charge in [-0.2, -0.15) is 5.10 Å². The lowest BCUT2D eigenvalue weighted by Crippen LogP contribution is -2.13. The highest BCUT2D eigenvalue weighted by Crippen LogP contribution is 2.31. The molecule has 0 saturated heterocycles. The summed E-state index contributed by atoms with van der Waals surface area (Å²) in [4.78, 5) is 14.4. The fraction of sp³-hybridized carbons (Fsp3) is 0.0667. The number of hydrogen-bond acceptors (Lipinski definition) is 6. The van der Waals surface area contributed by atoms with Crippen molar-refractivity contribution in [2.24, 2.45) is 5.73 Å². The molecule has 1 aromatic heterocycles. The Morgan fingerprint density at radius 1 is 1.25 bits per heavy atom. The van der Waals surface area contributed by atoms with Crippen LogP contribution in [0, 0.1) is 15.9 Å². The second kappa shape index (κ2) is 6.05. The molecule has 8 nitrogen and oxygen atoms in total. The Kier molecular flexibility index (Phi) is 3.92. The van der Waals surface area contributed by atoms with Gasteiger partial charge in [-0.15, -0.1) is 0 Å². The number of benzene rings is 2. The van der Waals surface area contributed by atoms with Crippen molar-refractivity contribution in [3.05, 3.63) is 69.8 Å². The predicted octanol–water partition coefficient (Wildman–Crippen LogP) is 2.27. The summed E-state index contributed by atoms with van der Waals surface area (Å²) >= 11 is 0. The minimum absolute atomic E-state index is 0.0729. The number of nitro groups is 1. The van der Waals surface area contributed by atoms with Crippen LogP contribution in [0.15, 0.2) is 42.5 Å². The molecule has 0 spiro atoms. The van der Waals surface area contributed by atoms with Crippen LogP contribution >= 0.6 is 0 Å². The number of halogens is 1. The number of H-pyrrole nitrogens is 1. The summed E-state index contributed by atoms with van der Waals surface area (Å²) in [6.45, 7) is 0. The van der Waals surface area contributed by atoms with Gasteiger partial charge in [0.15, 0.2) is 5.82 Å². The molecule has 0 aliphatic carbocycles. The molecule has 0 aliphatic rings. The third-order valence-corrected chi connectivity index (χ3v) is 3.46. The lowest BCUT2D eigenvalue weighted by Gasteiger charge is -2.08. The van der Waals surface area contributed by atoms with E-state index in [2.05, 4.69) is 15.2 Å². The highest BCUT2D eigenvalue weighted by molar-refractivity contribution is 5.66. The van der Waals surface area contributed by atoms with Gasteiger partial charge in [-0.25, -0.2) is 9.37 Å². The second-order valence-corrected chi connectivity index (χ2v) is 5.03. The zero-order valence-electron chi connectivity index (χ0n) is 12.2. The van der Waals surface area contributed by atoms with Gasteiger partial charge in [0.2, 0.25) is 0 Å². The fourth-order valence-corrected chi connectivity index (χ4v) is 2.18. The maximum absolute atomic E-state index is 13.0. The van der Waals surface area contributed by atoms with E-state index in [9.17, 15) is 19.6 Å². The van der Waals surface area contributed by atoms with Gasteiger partial charge in [0, 0.05) is 12.1 Å². The fourth-order valence-electron chi connectivity index (χ4n) is 2.18. The maximum atomic E-state index is 13.0. The smallest absolute Gasteiger partial charge is 0.270 e. The van der Waals surface area contributed by atoms with E-state index >= 15 is 0 Å². The SMILES string of the molecule is N[C@H](c1ccc(F)cc1)c1nc(-c2cc([N+](=O)[O-])ccc2O)n[nH]1. The molecule has 0 radical (unpaired) electrons. The van der Waals surface area contributed by atoms with Crippen molar-refractivity contribution >= 4 is 5.69 Å². The first kappa shape index (κ1) is 15.6. The third kappa shape index (κ3) is 2.92. The first-order valence-electron chi connectivity index (χ1n) is 6.87. The predicted molar refractivity (Wildman–Crippen MR) is 82.6 cm³/mol. The van der Waals surface area contributed by atoms with Crippen LogP contribution < -0.4 is 5.73 Å². The highest BCUT2D eigenvalue weighted by Gasteiger charge is 2.18. The van der Waals surface area contributed by atoms with E-state index in [0.717, 1.165) is 0 Å². The number of nitrogens with zero attached hydrogens (tertiary/aromatic N) is 3. The number of rotatable bonds is 4. The lowest BCUT2D eigenvalue weighted by molar-refractivity contribution is -0.384. The normalized spacial score (nSPS) is 12.1. The molecule has 0 amide bonds. The number of nitrogens with one attached hydrogen (secondary N) is 1. The Balaban J connectivity index is 1.94. The Labute approximate surface area is 134 Å². The highest BCUT2D eigenvalue weighted by atomic mass is 19.1. The molecule has 3 aromatic rings. The number of hydrogen-bond donors (Lipinski definition) is 3. The summed E-state index contributed by atoms with van der Waals surface area (Å²) in [7, 11) is 0. The first-order valence-corrected chi connectivity index (χ1v) is 6.87. The first-order chi connectivity index (χ1) is 11.5. The van der Waals surface area contributed by atoms with Gasteiger partial charge >= 0.3 is 0 Å². The van der Waals surface area contributed by atoms with Crippen molar-refractivity contribution in [1.82, 2.24) is 15.2 Å². The van der Waals surface area contributed by atoms with E-state index in [1.807, 2.05) is 0 Å². The second-order valence-electron chi connectivity index (χ2n) is 5.03. The lowest BCUT2D eigenvalue weighted by atomic mass is 10.1. The molecule has 0 aliphatic heterocycles. The molecule has 9 heteroatoms. The van der Waals surface area contributed by atoms with Crippen LogP contribution in [0.1, 0.15) is 17.4 Å². The molecule has 4 N–H and O–H groups in total. The number of nitrogens with two attached hydrogens (primary N) is 1. The van der Waals surface area contributed by atoms with Gasteiger partial charge in [-0.05, 0) is 23.8 Å². The minimum atomic E-state index is -0.687. The van der Waals surface area contributed by atoms with Crippen LogP contribution in [0.25, 0.3) is 11.4 Å². The number of aromatic amines is 1. The molecule has 0 saturated carbocycles. The van der Waals surface area contributed by atoms with Crippen molar-refractivity contribution in [2.45, 2.75) is 6.04 Å². The Morgan fingerprint density at radius 3 is 2.62 bits per heavy atom. The number of aromatic hydroxyl groups is 1. The minimum Gasteiger partial charge on any atom is -0.507 e. The molecule has 1 heterocycles. The van der Waals surface area contributed by atoms with Gasteiger partial charge in [-0.3, -0.25) is 15.2 Å². The third-order valence-electron chi connectivity index (χ3n) is 3.46. The van der Waals surface area contributed by atoms with Crippen LogP contribution in [-0.2, 0) is 0 Å². The van der Waals surface area contributed by atoms with Gasteiger partial charge < -0.3 is 10.8 Å². The van der Waals surface area contributed by atoms with Gasteiger partial charge in [0.1, 0.15) is 17.4 Å². The van der Waals surface area contributed by atoms with E-state index in [0.29, 0.717) is 5.56 Å². The standard InChI is InChI=1S/C15H12FN5O3/c16-9-3-1-8(2-4-9)13(17)15-18-14(19-20-15)11-7-10(21(23)24)5-6-12(11)22/h1-7,13,22H,17H2,(H,18,19,20)/t13-/m1/s1. The van der Waals surface area contributed by atoms with Gasteiger partial charge in [0.05, 0.1) is 16.5 Å². The summed E-state index contributed by atoms with van der Waals surface area (Å²) in [5.74, 6) is -0.224. The summed E-state index contributed by atoms with van der Waals surface area (Å²) in [6.07, 6.45) is 0. The number of aromatic nitrogens is 3. The van der Waals surface area contributed by atoms with Crippen molar-refractivity contribution in [3.63, 3.8) is 0 Å². The van der Waals surface area contributed by atoms with E-state index in [1.165, 1.54) is 42.5 Å². The average molecular weight is 329 g/mol. The Morgan fingerprint density at radius 2 is 1.96 bits per heavy atom. The average Bonchev–Trinajstić information content (AvgIpc) is 3.05. The monoisotopic (exact) mass is 329 g/mol. The zero-order valence-corrected chi connectivity index (χ0v) is 12.2. The summed E-state index contributed by atoms with van der Waals surface area (Å²) < 4.78 is 13.0. The number of nitro benzene ring substituents is 1. The molecule has 0 bridgehead atoms. The zero-order chi connectivity index (χ0) is 17.3. The molecule has 0 fully saturated rings. The summed E-state index contributed by atoms with van der Waals surface area (Å²) in [5, 5.41) is 27.3. The van der Waals surface area contributed by atoms with Crippen LogP contribution in [0.3, 0.4) is 0 Å². The maximum Gasteiger partial charge on any atom is 0.270 e. The van der Waals surface area contributed by atoms with Gasteiger partial charge in [-0.1, -0.05) is 12.1 Å². The van der Waals surface area contributed by atoms with Crippen molar-refractivity contribution < 1.29 is 14.4 Å². The van der Waals surface area contributed by atoms with Crippen LogP contribution in [-0.4, -0.2) is 25.2 Å². The van der Waals surface area contributed by atoms with E-state index in [1.54, 1.807) is 0 Å². The number of phenolic OH excluding ortho intramolecular Hbond substituents is 1. The summed E-state index contributed by atoms with van der Waals surface area (Å²) in [6, 6.07) is 8.46. The Hall–Kier alpha value is -3.33. The van der Waals surface area contributed by atoms with Crippen LogP contribution in [0.4, 0.5) is 10.1 Å². The molecule has 0 unspecified atom stereocenters. The van der Waals surface area contributed by atoms with Crippen molar-refractivity contribution in [3.8, 4) is 17.1 Å². The van der Waals surface area contributed by atoms with E-state index < -0.39 is 11.0 Å². The molecule has 1 atom stereocenters. The van der Waals surface area contributed by atoms with Crippen LogP contribution in [0.5, 0.6) is 5.75 Å². The number of non-ortho nitro benzene ring substituents is 1. The van der Waals surface area contributed by atoms with E-state index in [-0.39, 0.29) is 34.5 Å². The van der Waals surface area contributed by atoms with Gasteiger partial charge in [0.25, 0.3) is 5.69 Å². The molecule has 2 aromatic carbocycles. The molecular formula is C15H12FN5O3. The molecule has 24 heavy (non-hydrogen) atoms. The largest absolute Gasteiger partial charge is 0.507 e. The Bertz CT molecular complexity index is 894. The van der Waals surface area contributed by atoms with E-state index in [4.69, 9.17) is 5.73 Å². The van der Waals surface area contributed by atoms with Crippen molar-refractivity contribution in [2.75, 3.05) is 0 Å². The molecule has 122 valence electrons. The summed E-state index contributed by atoms with van der Waals surface area (Å²) in [5.41, 5.74) is 6.57. The quantitative estimate of drug-likeness (QED) is 0.497. The topological polar surface area (TPSA) is 131 Å². The van der Waals surface area contributed by atoms with Crippen LogP contribution in [0.2, 0.25) is 0 Å². The van der Waals surface area contributed by atoms with Crippen molar-refractivity contribution in [1.29, 1.82) is 0 Å². The number of phenols is 1.